The first kappa shape index (κ1) is 25.6. The van der Waals surface area contributed by atoms with Gasteiger partial charge in [-0.05, 0) is 51.5 Å². The summed E-state index contributed by atoms with van der Waals surface area (Å²) in [7, 11) is 0. The molecule has 0 aromatic heterocycles. The van der Waals surface area contributed by atoms with Crippen LogP contribution in [0.4, 0.5) is 5.69 Å². The SMILES string of the molecule is CCOC(=O)C1=C(C)NC(SCC(=O)Nc2ccc(C)c(Cl)c2)=N[C@@H]1c1ccccc1OCC. The quantitative estimate of drug-likeness (QED) is 0.480. The highest BCUT2D eigenvalue weighted by molar-refractivity contribution is 8.14. The molecule has 34 heavy (non-hydrogen) atoms. The third-order valence-corrected chi connectivity index (χ3v) is 6.32. The maximum Gasteiger partial charge on any atom is 0.338 e. The highest BCUT2D eigenvalue weighted by atomic mass is 35.5. The van der Waals surface area contributed by atoms with Crippen LogP contribution in [0.15, 0.2) is 58.7 Å². The molecule has 0 radical (unpaired) electrons. The summed E-state index contributed by atoms with van der Waals surface area (Å²) in [6.45, 7) is 8.09. The molecule has 1 heterocycles. The van der Waals surface area contributed by atoms with Crippen LogP contribution in [-0.4, -0.2) is 36.0 Å². The number of hydrogen-bond donors (Lipinski definition) is 2. The summed E-state index contributed by atoms with van der Waals surface area (Å²) >= 11 is 7.39. The molecule has 180 valence electrons. The Kier molecular flexibility index (Phi) is 9.01. The Bertz CT molecular complexity index is 1130. The number of ether oxygens (including phenoxy) is 2. The minimum Gasteiger partial charge on any atom is -0.494 e. The van der Waals surface area contributed by atoms with Gasteiger partial charge in [0.2, 0.25) is 5.91 Å². The van der Waals surface area contributed by atoms with Gasteiger partial charge in [-0.1, -0.05) is 47.6 Å². The molecule has 2 aromatic rings. The Balaban J connectivity index is 1.81. The number of amidine groups is 1. The second-order valence-corrected chi connectivity index (χ2v) is 8.86. The Morgan fingerprint density at radius 2 is 1.91 bits per heavy atom. The number of para-hydroxylation sites is 1. The van der Waals surface area contributed by atoms with Gasteiger partial charge in [0, 0.05) is 22.0 Å². The highest BCUT2D eigenvalue weighted by Gasteiger charge is 2.32. The minimum atomic E-state index is -0.621. The zero-order valence-corrected chi connectivity index (χ0v) is 21.2. The van der Waals surface area contributed by atoms with Gasteiger partial charge in [-0.25, -0.2) is 9.79 Å². The van der Waals surface area contributed by atoms with Crippen LogP contribution in [0, 0.1) is 6.92 Å². The van der Waals surface area contributed by atoms with Crippen LogP contribution in [0.3, 0.4) is 0 Å². The van der Waals surface area contributed by atoms with Gasteiger partial charge in [0.15, 0.2) is 5.17 Å². The summed E-state index contributed by atoms with van der Waals surface area (Å²) < 4.78 is 11.1. The first-order valence-electron chi connectivity index (χ1n) is 11.0. The molecule has 1 atom stereocenters. The summed E-state index contributed by atoms with van der Waals surface area (Å²) in [6, 6.07) is 12.2. The first-order valence-corrected chi connectivity index (χ1v) is 12.3. The molecule has 3 rings (SSSR count). The van der Waals surface area contributed by atoms with Crippen molar-refractivity contribution in [2.45, 2.75) is 33.7 Å². The van der Waals surface area contributed by atoms with Crippen molar-refractivity contribution in [3.05, 3.63) is 69.9 Å². The van der Waals surface area contributed by atoms with Gasteiger partial charge in [-0.15, -0.1) is 0 Å². The number of halogens is 1. The van der Waals surface area contributed by atoms with Crippen molar-refractivity contribution < 1.29 is 19.1 Å². The predicted molar refractivity (Wildman–Crippen MR) is 138 cm³/mol. The van der Waals surface area contributed by atoms with Gasteiger partial charge in [-0.3, -0.25) is 4.79 Å². The molecule has 0 spiro atoms. The maximum atomic E-state index is 12.8. The number of carbonyl (C=O) groups is 2. The number of carbonyl (C=O) groups excluding carboxylic acids is 2. The lowest BCUT2D eigenvalue weighted by atomic mass is 9.96. The van der Waals surface area contributed by atoms with Crippen LogP contribution in [0.2, 0.25) is 5.02 Å². The van der Waals surface area contributed by atoms with Gasteiger partial charge in [0.05, 0.1) is 24.5 Å². The lowest BCUT2D eigenvalue weighted by Crippen LogP contribution is -2.31. The fraction of sp³-hybridized carbons (Fsp3) is 0.320. The molecular formula is C25H28ClN3O4S. The average Bonchev–Trinajstić information content (AvgIpc) is 2.80. The molecule has 0 fully saturated rings. The molecule has 0 aliphatic carbocycles. The number of rotatable bonds is 8. The number of esters is 1. The van der Waals surface area contributed by atoms with E-state index < -0.39 is 12.0 Å². The van der Waals surface area contributed by atoms with Crippen LogP contribution in [-0.2, 0) is 14.3 Å². The molecular weight excluding hydrogens is 474 g/mol. The molecule has 1 amide bonds. The lowest BCUT2D eigenvalue weighted by molar-refractivity contribution is -0.139. The predicted octanol–water partition coefficient (Wildman–Crippen LogP) is 5.26. The Labute approximate surface area is 209 Å². The van der Waals surface area contributed by atoms with E-state index in [2.05, 4.69) is 10.6 Å². The summed E-state index contributed by atoms with van der Waals surface area (Å²) in [6.07, 6.45) is 0. The largest absolute Gasteiger partial charge is 0.494 e. The number of thioether (sulfide) groups is 1. The lowest BCUT2D eigenvalue weighted by Gasteiger charge is -2.26. The Hall–Kier alpha value is -2.97. The molecule has 0 unspecified atom stereocenters. The second kappa shape index (κ2) is 11.9. The number of anilines is 1. The highest BCUT2D eigenvalue weighted by Crippen LogP contribution is 2.37. The number of nitrogens with zero attached hydrogens (tertiary/aromatic N) is 1. The van der Waals surface area contributed by atoms with Crippen LogP contribution >= 0.6 is 23.4 Å². The number of aliphatic imine (C=N–C) groups is 1. The van der Waals surface area contributed by atoms with Gasteiger partial charge in [0.1, 0.15) is 11.8 Å². The number of hydrogen-bond acceptors (Lipinski definition) is 7. The van der Waals surface area contributed by atoms with E-state index in [-0.39, 0.29) is 18.3 Å². The van der Waals surface area contributed by atoms with Gasteiger partial charge in [0.25, 0.3) is 0 Å². The average molecular weight is 502 g/mol. The zero-order valence-electron chi connectivity index (χ0n) is 19.6. The molecule has 9 heteroatoms. The molecule has 2 aromatic carbocycles. The van der Waals surface area contributed by atoms with Gasteiger partial charge >= 0.3 is 5.97 Å². The van der Waals surface area contributed by atoms with Gasteiger partial charge < -0.3 is 20.1 Å². The van der Waals surface area contributed by atoms with E-state index >= 15 is 0 Å². The van der Waals surface area contributed by atoms with Crippen LogP contribution in [0.5, 0.6) is 5.75 Å². The van der Waals surface area contributed by atoms with E-state index in [9.17, 15) is 9.59 Å². The van der Waals surface area contributed by atoms with Crippen molar-refractivity contribution in [2.24, 2.45) is 4.99 Å². The van der Waals surface area contributed by atoms with E-state index in [0.29, 0.717) is 39.5 Å². The standard InChI is InChI=1S/C25H28ClN3O4S/c1-5-32-20-10-8-7-9-18(20)23-22(24(31)33-6-2)16(4)27-25(29-23)34-14-21(30)28-17-12-11-15(3)19(26)13-17/h7-13,23H,5-6,14H2,1-4H3,(H,27,29)(H,28,30)/t23-/m1/s1. The van der Waals surface area contributed by atoms with E-state index in [1.807, 2.05) is 44.2 Å². The summed E-state index contributed by atoms with van der Waals surface area (Å²) in [5, 5.41) is 7.10. The molecule has 1 aliphatic rings. The molecule has 1 aliphatic heterocycles. The first-order chi connectivity index (χ1) is 16.3. The van der Waals surface area contributed by atoms with Crippen molar-refractivity contribution in [2.75, 3.05) is 24.3 Å². The van der Waals surface area contributed by atoms with Gasteiger partial charge in [-0.2, -0.15) is 0 Å². The van der Waals surface area contributed by atoms with Crippen molar-refractivity contribution >= 4 is 46.1 Å². The maximum absolute atomic E-state index is 12.8. The van der Waals surface area contributed by atoms with Crippen molar-refractivity contribution in [3.8, 4) is 5.75 Å². The molecule has 2 N–H and O–H groups in total. The molecule has 0 saturated carbocycles. The fourth-order valence-corrected chi connectivity index (χ4v) is 4.34. The smallest absolute Gasteiger partial charge is 0.338 e. The molecule has 0 saturated heterocycles. The number of aryl methyl sites for hydroxylation is 1. The monoisotopic (exact) mass is 501 g/mol. The summed E-state index contributed by atoms with van der Waals surface area (Å²) in [4.78, 5) is 30.1. The second-order valence-electron chi connectivity index (χ2n) is 7.49. The van der Waals surface area contributed by atoms with Crippen LogP contribution in [0.1, 0.15) is 37.9 Å². The van der Waals surface area contributed by atoms with E-state index in [4.69, 9.17) is 26.1 Å². The normalized spacial score (nSPS) is 15.3. The summed E-state index contributed by atoms with van der Waals surface area (Å²) in [5.41, 5.74) is 3.36. The zero-order chi connectivity index (χ0) is 24.7. The third-order valence-electron chi connectivity index (χ3n) is 5.02. The molecule has 7 nitrogen and oxygen atoms in total. The number of benzene rings is 2. The van der Waals surface area contributed by atoms with Crippen molar-refractivity contribution in [3.63, 3.8) is 0 Å². The fourth-order valence-electron chi connectivity index (χ4n) is 3.41. The third kappa shape index (κ3) is 6.33. The van der Waals surface area contributed by atoms with E-state index in [1.165, 1.54) is 11.8 Å². The van der Waals surface area contributed by atoms with E-state index in [0.717, 1.165) is 11.1 Å². The van der Waals surface area contributed by atoms with Crippen LogP contribution in [0.25, 0.3) is 0 Å². The Morgan fingerprint density at radius 1 is 1.15 bits per heavy atom. The van der Waals surface area contributed by atoms with Crippen molar-refractivity contribution in [1.82, 2.24) is 5.32 Å². The summed E-state index contributed by atoms with van der Waals surface area (Å²) in [5.74, 6) is 0.136. The van der Waals surface area contributed by atoms with E-state index in [1.54, 1.807) is 26.0 Å². The Morgan fingerprint density at radius 3 is 2.62 bits per heavy atom. The van der Waals surface area contributed by atoms with Crippen LogP contribution < -0.4 is 15.4 Å². The molecule has 0 bridgehead atoms. The number of nitrogens with one attached hydrogen (secondary N) is 2. The minimum absolute atomic E-state index is 0.124. The number of allylic oxidation sites excluding steroid dienone is 1. The number of amides is 1. The topological polar surface area (TPSA) is 89.0 Å². The van der Waals surface area contributed by atoms with Crippen molar-refractivity contribution in [1.29, 1.82) is 0 Å².